The van der Waals surface area contributed by atoms with Crippen molar-refractivity contribution in [3.8, 4) is 0 Å². The summed E-state index contributed by atoms with van der Waals surface area (Å²) < 4.78 is 63.8. The molecule has 1 fully saturated rings. The second-order valence-corrected chi connectivity index (χ2v) is 18.8. The second-order valence-electron chi connectivity index (χ2n) is 11.3. The average molecular weight is 632 g/mol. The van der Waals surface area contributed by atoms with Gasteiger partial charge in [-0.05, 0) is 39.0 Å². The van der Waals surface area contributed by atoms with E-state index in [1.807, 2.05) is 13.3 Å². The molecule has 1 heterocycles. The van der Waals surface area contributed by atoms with Crippen LogP contribution in [0.4, 0.5) is 0 Å². The Balaban J connectivity index is 3.10. The molecule has 13 heteroatoms. The monoisotopic (exact) mass is 631 g/mol. The van der Waals surface area contributed by atoms with E-state index < -0.39 is 22.3 Å². The van der Waals surface area contributed by atoms with Crippen LogP contribution in [0.15, 0.2) is 0 Å². The van der Waals surface area contributed by atoms with Gasteiger partial charge < -0.3 is 22.7 Å². The fourth-order valence-corrected chi connectivity index (χ4v) is 9.11. The van der Waals surface area contributed by atoms with Gasteiger partial charge in [-0.3, -0.25) is 23.8 Å². The third kappa shape index (κ3) is 18.2. The van der Waals surface area contributed by atoms with Gasteiger partial charge in [0.2, 0.25) is 0 Å². The number of hydrogen-bond acceptors (Lipinski definition) is 10. The van der Waals surface area contributed by atoms with Crippen LogP contribution in [0.1, 0.15) is 79.1 Å². The third-order valence-electron chi connectivity index (χ3n) is 6.63. The minimum absolute atomic E-state index is 0.204. The first kappa shape index (κ1) is 38.4. The summed E-state index contributed by atoms with van der Waals surface area (Å²) in [7, 11) is -8.94. The summed E-state index contributed by atoms with van der Waals surface area (Å²) in [6.45, 7) is 17.5. The molecule has 0 aromatic heterocycles. The number of unbranched alkanes of at least 4 members (excludes halogenated alkanes) is 4. The maximum atomic E-state index is 13.8. The van der Waals surface area contributed by atoms with Gasteiger partial charge in [-0.1, -0.05) is 53.4 Å². The third-order valence-corrected chi connectivity index (χ3v) is 11.5. The Bertz CT molecular complexity index is 719. The zero-order chi connectivity index (χ0) is 29.9. The standard InChI is InChI=1S/C27H60N3O7P3/c1-7-11-21-34-39(32,35-22-12-8-2)26-29-17-15-28(25-38(5,6)31)16-18-30(20-19-29)27-40(33,36-23-13-9-3)37-24-14-10-4/h7-27H2,1-6H3. The van der Waals surface area contributed by atoms with E-state index >= 15 is 0 Å². The zero-order valence-corrected chi connectivity index (χ0v) is 29.1. The summed E-state index contributed by atoms with van der Waals surface area (Å²) in [5.41, 5.74) is 0. The van der Waals surface area contributed by atoms with E-state index in [1.54, 1.807) is 0 Å². The highest BCUT2D eigenvalue weighted by atomic mass is 31.2. The van der Waals surface area contributed by atoms with Crippen LogP contribution >= 0.6 is 22.3 Å². The minimum atomic E-state index is -3.32. The molecule has 0 radical (unpaired) electrons. The van der Waals surface area contributed by atoms with Crippen molar-refractivity contribution in [3.63, 3.8) is 0 Å². The highest BCUT2D eigenvalue weighted by molar-refractivity contribution is 7.62. The lowest BCUT2D eigenvalue weighted by Gasteiger charge is -2.30. The smallest absolute Gasteiger partial charge is 0.323 e. The molecule has 40 heavy (non-hydrogen) atoms. The Hall–Kier alpha value is 0.410. The predicted octanol–water partition coefficient (Wildman–Crippen LogP) is 7.05. The van der Waals surface area contributed by atoms with E-state index in [4.69, 9.17) is 18.1 Å². The van der Waals surface area contributed by atoms with Crippen molar-refractivity contribution in [1.29, 1.82) is 0 Å². The zero-order valence-electron chi connectivity index (χ0n) is 26.4. The molecule has 10 nitrogen and oxygen atoms in total. The highest BCUT2D eigenvalue weighted by Crippen LogP contribution is 2.50. The number of rotatable bonds is 22. The van der Waals surface area contributed by atoms with E-state index in [9.17, 15) is 13.7 Å². The SMILES string of the molecule is CCCCOP(=O)(CN1CCN(CP(C)(C)=O)CCN(CP(=O)(OCCCC)OCCCC)CC1)OCCCC. The van der Waals surface area contributed by atoms with Crippen molar-refractivity contribution in [2.75, 3.05) is 97.9 Å². The summed E-state index contributed by atoms with van der Waals surface area (Å²) in [6.07, 6.45) is 8.05. The van der Waals surface area contributed by atoms with Crippen molar-refractivity contribution < 1.29 is 31.8 Å². The second kappa shape index (κ2) is 21.2. The van der Waals surface area contributed by atoms with Crippen LogP contribution in [0.2, 0.25) is 0 Å². The first-order valence-electron chi connectivity index (χ1n) is 15.5. The van der Waals surface area contributed by atoms with Gasteiger partial charge in [0.25, 0.3) is 0 Å². The van der Waals surface area contributed by atoms with Gasteiger partial charge in [0.15, 0.2) is 0 Å². The van der Waals surface area contributed by atoms with Gasteiger partial charge in [-0.25, -0.2) is 0 Å². The van der Waals surface area contributed by atoms with Crippen molar-refractivity contribution in [1.82, 2.24) is 14.7 Å². The van der Waals surface area contributed by atoms with Crippen LogP contribution in [0, 0.1) is 0 Å². The molecule has 0 saturated carbocycles. The van der Waals surface area contributed by atoms with Crippen LogP contribution < -0.4 is 0 Å². The Morgan fingerprint density at radius 3 is 0.950 bits per heavy atom. The van der Waals surface area contributed by atoms with Crippen LogP contribution in [-0.4, -0.2) is 113 Å². The van der Waals surface area contributed by atoms with E-state index in [0.717, 1.165) is 51.4 Å². The van der Waals surface area contributed by atoms with Gasteiger partial charge in [0.05, 0.1) is 39.9 Å². The maximum absolute atomic E-state index is 13.8. The Kier molecular flexibility index (Phi) is 20.3. The number of hydrogen-bond donors (Lipinski definition) is 0. The Labute approximate surface area is 245 Å². The normalized spacial score (nSPS) is 17.6. The molecule has 0 unspecified atom stereocenters. The van der Waals surface area contributed by atoms with Crippen molar-refractivity contribution in [3.05, 3.63) is 0 Å². The topological polar surface area (TPSA) is 97.9 Å². The largest absolute Gasteiger partial charge is 0.344 e. The summed E-state index contributed by atoms with van der Waals surface area (Å²) in [4.78, 5) is 6.45. The Morgan fingerprint density at radius 1 is 0.475 bits per heavy atom. The molecule has 0 bridgehead atoms. The first-order valence-corrected chi connectivity index (χ1v) is 21.7. The van der Waals surface area contributed by atoms with Crippen LogP contribution in [0.25, 0.3) is 0 Å². The molecule has 0 aromatic carbocycles. The molecule has 0 aromatic rings. The van der Waals surface area contributed by atoms with Gasteiger partial charge in [-0.2, -0.15) is 0 Å². The lowest BCUT2D eigenvalue weighted by Crippen LogP contribution is -2.37. The van der Waals surface area contributed by atoms with Gasteiger partial charge in [0.1, 0.15) is 12.6 Å². The van der Waals surface area contributed by atoms with E-state index in [0.29, 0.717) is 72.0 Å². The molecule has 1 saturated heterocycles. The molecular formula is C27H60N3O7P3. The quantitative estimate of drug-likeness (QED) is 0.0913. The summed E-state index contributed by atoms with van der Waals surface area (Å²) in [5.74, 6) is 0. The predicted molar refractivity (Wildman–Crippen MR) is 167 cm³/mol. The molecule has 240 valence electrons. The first-order chi connectivity index (χ1) is 19.0. The van der Waals surface area contributed by atoms with Crippen molar-refractivity contribution >= 4 is 22.3 Å². The number of nitrogens with zero attached hydrogens (tertiary/aromatic N) is 3. The van der Waals surface area contributed by atoms with Gasteiger partial charge in [-0.15, -0.1) is 0 Å². The molecule has 0 atom stereocenters. The molecule has 1 aliphatic rings. The summed E-state index contributed by atoms with van der Waals surface area (Å²) in [6, 6.07) is 0. The fraction of sp³-hybridized carbons (Fsp3) is 1.00. The molecule has 0 amide bonds. The summed E-state index contributed by atoms with van der Waals surface area (Å²) >= 11 is 0. The fourth-order valence-electron chi connectivity index (χ4n) is 4.21. The summed E-state index contributed by atoms with van der Waals surface area (Å²) in [5, 5.41) is 0. The van der Waals surface area contributed by atoms with E-state index in [-0.39, 0.29) is 12.6 Å². The molecule has 0 N–H and O–H groups in total. The van der Waals surface area contributed by atoms with Crippen molar-refractivity contribution in [2.45, 2.75) is 79.1 Å². The van der Waals surface area contributed by atoms with Crippen LogP contribution in [0.5, 0.6) is 0 Å². The van der Waals surface area contributed by atoms with Gasteiger partial charge >= 0.3 is 15.2 Å². The van der Waals surface area contributed by atoms with Crippen LogP contribution in [0.3, 0.4) is 0 Å². The molecule has 0 aliphatic carbocycles. The average Bonchev–Trinajstić information content (AvgIpc) is 2.95. The van der Waals surface area contributed by atoms with E-state index in [2.05, 4.69) is 42.4 Å². The minimum Gasteiger partial charge on any atom is -0.323 e. The molecular weight excluding hydrogens is 571 g/mol. The lowest BCUT2D eigenvalue weighted by molar-refractivity contribution is 0.166. The molecule has 0 spiro atoms. The maximum Gasteiger partial charge on any atom is 0.344 e. The lowest BCUT2D eigenvalue weighted by atomic mass is 10.4. The van der Waals surface area contributed by atoms with Crippen LogP contribution in [-0.2, 0) is 31.8 Å². The molecule has 1 rings (SSSR count). The highest BCUT2D eigenvalue weighted by Gasteiger charge is 2.32. The van der Waals surface area contributed by atoms with Gasteiger partial charge in [0, 0.05) is 39.3 Å². The Morgan fingerprint density at radius 2 is 0.725 bits per heavy atom. The van der Waals surface area contributed by atoms with Crippen molar-refractivity contribution in [2.24, 2.45) is 0 Å². The van der Waals surface area contributed by atoms with E-state index in [1.165, 1.54) is 0 Å². The molecule has 1 aliphatic heterocycles.